The van der Waals surface area contributed by atoms with Crippen molar-refractivity contribution >= 4 is 28.4 Å². The molecule has 0 spiro atoms. The number of nitrogens with one attached hydrogen (secondary N) is 1. The standard InChI is InChI=1S/C27H28N6O2/c34-27(32-13-15-35-16-14-32)19-5-8-22(9-6-19)29-26-18-21(11-12-28-26)20-7-10-24-25(17-20)33(31-30-24)23-3-1-2-4-23/h5-12,17-18,23H,1-4,13-16H2,(H,28,29). The maximum Gasteiger partial charge on any atom is 0.254 e. The van der Waals surface area contributed by atoms with Crippen LogP contribution in [0.5, 0.6) is 0 Å². The number of benzene rings is 2. The molecule has 8 heteroatoms. The van der Waals surface area contributed by atoms with Crippen molar-refractivity contribution in [3.05, 3.63) is 66.4 Å². The van der Waals surface area contributed by atoms with Gasteiger partial charge in [-0.1, -0.05) is 24.1 Å². The number of rotatable bonds is 5. The van der Waals surface area contributed by atoms with Crippen LogP contribution in [0.25, 0.3) is 22.2 Å². The normalized spacial score (nSPS) is 16.6. The van der Waals surface area contributed by atoms with E-state index in [1.54, 1.807) is 0 Å². The van der Waals surface area contributed by atoms with Gasteiger partial charge in [0.25, 0.3) is 5.91 Å². The molecule has 1 aliphatic heterocycles. The first kappa shape index (κ1) is 21.7. The minimum atomic E-state index is 0.0432. The Morgan fingerprint density at radius 1 is 0.943 bits per heavy atom. The quantitative estimate of drug-likeness (QED) is 0.452. The van der Waals surface area contributed by atoms with Crippen LogP contribution >= 0.6 is 0 Å². The first-order chi connectivity index (χ1) is 17.2. The molecule has 4 aromatic rings. The van der Waals surface area contributed by atoms with E-state index >= 15 is 0 Å². The first-order valence-corrected chi connectivity index (χ1v) is 12.3. The molecule has 1 aliphatic carbocycles. The Hall–Kier alpha value is -3.78. The van der Waals surface area contributed by atoms with Crippen LogP contribution in [0.4, 0.5) is 11.5 Å². The molecule has 178 valence electrons. The van der Waals surface area contributed by atoms with Gasteiger partial charge in [-0.2, -0.15) is 0 Å². The van der Waals surface area contributed by atoms with Gasteiger partial charge in [-0.25, -0.2) is 9.67 Å². The molecule has 35 heavy (non-hydrogen) atoms. The molecule has 0 atom stereocenters. The van der Waals surface area contributed by atoms with Crippen LogP contribution in [0.15, 0.2) is 60.8 Å². The molecule has 2 aromatic heterocycles. The van der Waals surface area contributed by atoms with Crippen molar-refractivity contribution in [1.82, 2.24) is 24.9 Å². The summed E-state index contributed by atoms with van der Waals surface area (Å²) in [5.74, 6) is 0.791. The fraction of sp³-hybridized carbons (Fsp3) is 0.333. The van der Waals surface area contributed by atoms with E-state index in [9.17, 15) is 4.79 Å². The number of carbonyl (C=O) groups excluding carboxylic acids is 1. The molecule has 2 aliphatic rings. The maximum atomic E-state index is 12.7. The predicted octanol–water partition coefficient (Wildman–Crippen LogP) is 4.82. The summed E-state index contributed by atoms with van der Waals surface area (Å²) >= 11 is 0. The fourth-order valence-corrected chi connectivity index (χ4v) is 5.01. The lowest BCUT2D eigenvalue weighted by Gasteiger charge is -2.26. The highest BCUT2D eigenvalue weighted by Crippen LogP contribution is 2.33. The second-order valence-corrected chi connectivity index (χ2v) is 9.21. The van der Waals surface area contributed by atoms with E-state index in [4.69, 9.17) is 4.74 Å². The number of carbonyl (C=O) groups is 1. The van der Waals surface area contributed by atoms with Crippen molar-refractivity contribution in [3.8, 4) is 11.1 Å². The maximum absolute atomic E-state index is 12.7. The highest BCUT2D eigenvalue weighted by molar-refractivity contribution is 5.94. The molecular weight excluding hydrogens is 440 g/mol. The summed E-state index contributed by atoms with van der Waals surface area (Å²) in [7, 11) is 0. The van der Waals surface area contributed by atoms with Gasteiger partial charge in [0, 0.05) is 30.5 Å². The number of nitrogens with zero attached hydrogens (tertiary/aromatic N) is 5. The van der Waals surface area contributed by atoms with Crippen LogP contribution in [0.3, 0.4) is 0 Å². The Kier molecular flexibility index (Phi) is 5.88. The molecule has 1 amide bonds. The van der Waals surface area contributed by atoms with Crippen LogP contribution in [0, 0.1) is 0 Å². The predicted molar refractivity (Wildman–Crippen MR) is 135 cm³/mol. The first-order valence-electron chi connectivity index (χ1n) is 12.3. The zero-order chi connectivity index (χ0) is 23.6. The summed E-state index contributed by atoms with van der Waals surface area (Å²) < 4.78 is 7.44. The topological polar surface area (TPSA) is 85.2 Å². The van der Waals surface area contributed by atoms with E-state index in [-0.39, 0.29) is 5.91 Å². The minimum Gasteiger partial charge on any atom is -0.378 e. The number of hydrogen-bond acceptors (Lipinski definition) is 6. The number of fused-ring (bicyclic) bond motifs is 1. The Labute approximate surface area is 203 Å². The summed E-state index contributed by atoms with van der Waals surface area (Å²) in [5, 5.41) is 12.2. The van der Waals surface area contributed by atoms with Gasteiger partial charge in [0.15, 0.2) is 0 Å². The number of anilines is 2. The molecule has 0 unspecified atom stereocenters. The van der Waals surface area contributed by atoms with E-state index in [1.807, 2.05) is 53.6 Å². The molecule has 1 saturated heterocycles. The lowest BCUT2D eigenvalue weighted by molar-refractivity contribution is 0.0303. The Morgan fingerprint density at radius 2 is 1.71 bits per heavy atom. The number of morpholine rings is 1. The van der Waals surface area contributed by atoms with E-state index < -0.39 is 0 Å². The van der Waals surface area contributed by atoms with Crippen molar-refractivity contribution < 1.29 is 9.53 Å². The molecule has 0 bridgehead atoms. The third kappa shape index (κ3) is 4.49. The Balaban J connectivity index is 1.20. The monoisotopic (exact) mass is 468 g/mol. The van der Waals surface area contributed by atoms with Crippen LogP contribution in [0.1, 0.15) is 42.1 Å². The van der Waals surface area contributed by atoms with Gasteiger partial charge in [-0.05, 0) is 72.5 Å². The highest BCUT2D eigenvalue weighted by Gasteiger charge is 2.21. The van der Waals surface area contributed by atoms with Crippen molar-refractivity contribution in [2.24, 2.45) is 0 Å². The lowest BCUT2D eigenvalue weighted by Crippen LogP contribution is -2.40. The fourth-order valence-electron chi connectivity index (χ4n) is 5.01. The SMILES string of the molecule is O=C(c1ccc(Nc2cc(-c3ccc4nnn(C5CCCC5)c4c3)ccn2)cc1)N1CCOCC1. The summed E-state index contributed by atoms with van der Waals surface area (Å²) in [6.07, 6.45) is 6.66. The van der Waals surface area contributed by atoms with Gasteiger partial charge >= 0.3 is 0 Å². The summed E-state index contributed by atoms with van der Waals surface area (Å²) in [4.78, 5) is 19.0. The number of hydrogen-bond donors (Lipinski definition) is 1. The number of amides is 1. The largest absolute Gasteiger partial charge is 0.378 e. The second kappa shape index (κ2) is 9.46. The number of aromatic nitrogens is 4. The van der Waals surface area contributed by atoms with Crippen molar-refractivity contribution in [2.75, 3.05) is 31.6 Å². The zero-order valence-corrected chi connectivity index (χ0v) is 19.6. The number of pyridine rings is 1. The summed E-state index contributed by atoms with van der Waals surface area (Å²) in [6.45, 7) is 2.47. The smallest absolute Gasteiger partial charge is 0.254 e. The van der Waals surface area contributed by atoms with Crippen molar-refractivity contribution in [2.45, 2.75) is 31.7 Å². The lowest BCUT2D eigenvalue weighted by atomic mass is 10.1. The van der Waals surface area contributed by atoms with E-state index in [0.29, 0.717) is 37.9 Å². The van der Waals surface area contributed by atoms with Crippen molar-refractivity contribution in [1.29, 1.82) is 0 Å². The van der Waals surface area contributed by atoms with Gasteiger partial charge < -0.3 is 15.0 Å². The molecule has 3 heterocycles. The van der Waals surface area contributed by atoms with Gasteiger partial charge in [0.05, 0.1) is 24.8 Å². The third-order valence-electron chi connectivity index (χ3n) is 6.94. The Morgan fingerprint density at radius 3 is 2.51 bits per heavy atom. The van der Waals surface area contributed by atoms with Crippen LogP contribution in [0.2, 0.25) is 0 Å². The molecule has 8 nitrogen and oxygen atoms in total. The third-order valence-corrected chi connectivity index (χ3v) is 6.94. The molecule has 2 aromatic carbocycles. The number of ether oxygens (including phenoxy) is 1. The van der Waals surface area contributed by atoms with Gasteiger partial charge in [-0.15, -0.1) is 5.10 Å². The van der Waals surface area contributed by atoms with Crippen molar-refractivity contribution in [3.63, 3.8) is 0 Å². The van der Waals surface area contributed by atoms with Gasteiger partial charge in [0.2, 0.25) is 0 Å². The molecular formula is C27H28N6O2. The van der Waals surface area contributed by atoms with Crippen LogP contribution in [-0.2, 0) is 4.74 Å². The summed E-state index contributed by atoms with van der Waals surface area (Å²) in [6, 6.07) is 18.4. The highest BCUT2D eigenvalue weighted by atomic mass is 16.5. The van der Waals surface area contributed by atoms with Crippen LogP contribution < -0.4 is 5.32 Å². The van der Waals surface area contributed by atoms with E-state index in [0.717, 1.165) is 33.7 Å². The average molecular weight is 469 g/mol. The molecule has 1 saturated carbocycles. The van der Waals surface area contributed by atoms with Gasteiger partial charge in [0.1, 0.15) is 11.3 Å². The second-order valence-electron chi connectivity index (χ2n) is 9.21. The molecule has 6 rings (SSSR count). The van der Waals surface area contributed by atoms with E-state index in [1.165, 1.54) is 25.7 Å². The molecule has 1 N–H and O–H groups in total. The van der Waals surface area contributed by atoms with E-state index in [2.05, 4.69) is 37.4 Å². The van der Waals surface area contributed by atoms with Crippen LogP contribution in [-0.4, -0.2) is 57.1 Å². The average Bonchev–Trinajstić information content (AvgIpc) is 3.59. The van der Waals surface area contributed by atoms with Gasteiger partial charge in [-0.3, -0.25) is 4.79 Å². The molecule has 2 fully saturated rings. The minimum absolute atomic E-state index is 0.0432. The zero-order valence-electron chi connectivity index (χ0n) is 19.6. The summed E-state index contributed by atoms with van der Waals surface area (Å²) in [5.41, 5.74) is 5.76. The molecule has 0 radical (unpaired) electrons. The Bertz CT molecular complexity index is 1340.